The Hall–Kier alpha value is -1.63. The molecule has 2 heterocycles. The van der Waals surface area contributed by atoms with Crippen molar-refractivity contribution in [3.63, 3.8) is 0 Å². The van der Waals surface area contributed by atoms with Gasteiger partial charge in [-0.1, -0.05) is 39.3 Å². The molecule has 2 aliphatic carbocycles. The van der Waals surface area contributed by atoms with Crippen molar-refractivity contribution in [1.82, 2.24) is 5.32 Å². The minimum absolute atomic E-state index is 0.0907. The van der Waals surface area contributed by atoms with Crippen LogP contribution in [0.25, 0.3) is 0 Å². The Morgan fingerprint density at radius 2 is 1.90 bits per heavy atom. The topological polar surface area (TPSA) is 95.9 Å². The standard InChI is InChI=1S/C23H28ClNO5/c1-10-5-6-15-21(2,3)18(27)14(26)9-23(15)22(10,4)8-12-13(24)7-11-16(17(12)30-23)20(29)25-19(11)28/h7,10,14-15,20,26,29H,5-6,8-9H2,1-4H3,(H,25,28)/t10-,14+,15-,20+,22+,23-/m0/s1. The number of carbonyl (C=O) groups is 2. The molecule has 30 heavy (non-hydrogen) atoms. The van der Waals surface area contributed by atoms with E-state index in [1.807, 2.05) is 13.8 Å². The number of ketones is 1. The van der Waals surface area contributed by atoms with E-state index in [0.29, 0.717) is 28.3 Å². The van der Waals surface area contributed by atoms with Crippen molar-refractivity contribution in [2.45, 2.75) is 71.3 Å². The smallest absolute Gasteiger partial charge is 0.254 e. The largest absolute Gasteiger partial charge is 0.485 e. The second-order valence-electron chi connectivity index (χ2n) is 10.4. The van der Waals surface area contributed by atoms with Gasteiger partial charge in [0.1, 0.15) is 17.5 Å². The van der Waals surface area contributed by atoms with Gasteiger partial charge in [0.25, 0.3) is 5.91 Å². The van der Waals surface area contributed by atoms with Crippen LogP contribution in [-0.2, 0) is 11.2 Å². The van der Waals surface area contributed by atoms with E-state index in [2.05, 4.69) is 19.2 Å². The van der Waals surface area contributed by atoms with Crippen molar-refractivity contribution in [1.29, 1.82) is 0 Å². The fraction of sp³-hybridized carbons (Fsp3) is 0.652. The number of fused-ring (bicyclic) bond motifs is 3. The number of benzene rings is 1. The third-order valence-corrected chi connectivity index (χ3v) is 9.13. The van der Waals surface area contributed by atoms with Gasteiger partial charge in [-0.2, -0.15) is 0 Å². The zero-order valence-electron chi connectivity index (χ0n) is 17.7. The second kappa shape index (κ2) is 5.99. The van der Waals surface area contributed by atoms with Crippen molar-refractivity contribution in [3.05, 3.63) is 27.8 Å². The number of hydrogen-bond donors (Lipinski definition) is 3. The fourth-order valence-electron chi connectivity index (χ4n) is 6.89. The van der Waals surface area contributed by atoms with Gasteiger partial charge in [0.2, 0.25) is 0 Å². The van der Waals surface area contributed by atoms with Crippen LogP contribution in [0.2, 0.25) is 5.02 Å². The molecule has 0 saturated heterocycles. The highest BCUT2D eigenvalue weighted by molar-refractivity contribution is 6.32. The molecule has 2 saturated carbocycles. The van der Waals surface area contributed by atoms with Gasteiger partial charge in [-0.3, -0.25) is 9.59 Å². The molecule has 1 aromatic rings. The Kier molecular flexibility index (Phi) is 4.05. The van der Waals surface area contributed by atoms with Gasteiger partial charge >= 0.3 is 0 Å². The molecular formula is C23H28ClNO5. The predicted octanol–water partition coefficient (Wildman–Crippen LogP) is 3.16. The summed E-state index contributed by atoms with van der Waals surface area (Å²) >= 11 is 6.62. The summed E-state index contributed by atoms with van der Waals surface area (Å²) in [5, 5.41) is 24.3. The molecule has 4 aliphatic rings. The highest BCUT2D eigenvalue weighted by Gasteiger charge is 2.69. The van der Waals surface area contributed by atoms with E-state index >= 15 is 0 Å². The number of ether oxygens (including phenoxy) is 1. The van der Waals surface area contributed by atoms with Gasteiger partial charge in [0.15, 0.2) is 12.0 Å². The molecule has 162 valence electrons. The summed E-state index contributed by atoms with van der Waals surface area (Å²) in [7, 11) is 0. The second-order valence-corrected chi connectivity index (χ2v) is 10.8. The molecule has 0 aromatic heterocycles. The van der Waals surface area contributed by atoms with E-state index in [1.165, 1.54) is 0 Å². The number of rotatable bonds is 0. The Morgan fingerprint density at radius 1 is 1.20 bits per heavy atom. The first kappa shape index (κ1) is 20.3. The summed E-state index contributed by atoms with van der Waals surface area (Å²) in [6, 6.07) is 1.61. The maximum atomic E-state index is 12.9. The van der Waals surface area contributed by atoms with Crippen LogP contribution < -0.4 is 10.1 Å². The first-order valence-corrected chi connectivity index (χ1v) is 11.1. The molecule has 1 amide bonds. The molecule has 0 radical (unpaired) electrons. The summed E-state index contributed by atoms with van der Waals surface area (Å²) in [4.78, 5) is 25.2. The van der Waals surface area contributed by atoms with Crippen molar-refractivity contribution >= 4 is 23.3 Å². The maximum Gasteiger partial charge on any atom is 0.254 e. The Balaban J connectivity index is 1.77. The predicted molar refractivity (Wildman–Crippen MR) is 110 cm³/mol. The lowest BCUT2D eigenvalue weighted by molar-refractivity contribution is -0.224. The Morgan fingerprint density at radius 3 is 2.60 bits per heavy atom. The van der Waals surface area contributed by atoms with Crippen molar-refractivity contribution in [2.75, 3.05) is 0 Å². The van der Waals surface area contributed by atoms with Crippen molar-refractivity contribution in [2.24, 2.45) is 22.7 Å². The summed E-state index contributed by atoms with van der Waals surface area (Å²) in [6.45, 7) is 8.18. The lowest BCUT2D eigenvalue weighted by Crippen LogP contribution is -2.72. The van der Waals surface area contributed by atoms with Crippen molar-refractivity contribution < 1.29 is 24.5 Å². The minimum atomic E-state index is -1.16. The van der Waals surface area contributed by atoms with E-state index in [0.717, 1.165) is 18.4 Å². The van der Waals surface area contributed by atoms with Gasteiger partial charge in [0.05, 0.1) is 11.1 Å². The summed E-state index contributed by atoms with van der Waals surface area (Å²) in [5.41, 5.74) is -0.379. The van der Waals surface area contributed by atoms with Gasteiger partial charge < -0.3 is 20.3 Å². The first-order valence-electron chi connectivity index (χ1n) is 10.7. The number of amides is 1. The summed E-state index contributed by atoms with van der Waals surface area (Å²) < 4.78 is 6.85. The van der Waals surface area contributed by atoms with Gasteiger partial charge in [-0.15, -0.1) is 0 Å². The van der Waals surface area contributed by atoms with E-state index in [4.69, 9.17) is 16.3 Å². The molecule has 1 aromatic carbocycles. The molecule has 3 N–H and O–H groups in total. The average molecular weight is 434 g/mol. The van der Waals surface area contributed by atoms with Crippen LogP contribution in [-0.4, -0.2) is 33.6 Å². The molecular weight excluding hydrogens is 406 g/mol. The lowest BCUT2D eigenvalue weighted by Gasteiger charge is -2.66. The van der Waals surface area contributed by atoms with Crippen LogP contribution >= 0.6 is 11.6 Å². The number of halogens is 1. The van der Waals surface area contributed by atoms with E-state index < -0.39 is 23.3 Å². The van der Waals surface area contributed by atoms with Gasteiger partial charge in [-0.25, -0.2) is 0 Å². The highest BCUT2D eigenvalue weighted by Crippen LogP contribution is 2.66. The molecule has 2 aliphatic heterocycles. The van der Waals surface area contributed by atoms with Crippen LogP contribution in [0, 0.1) is 22.7 Å². The van der Waals surface area contributed by atoms with Crippen LogP contribution in [0.15, 0.2) is 6.07 Å². The number of carbonyl (C=O) groups excluding carboxylic acids is 2. The maximum absolute atomic E-state index is 12.9. The summed E-state index contributed by atoms with van der Waals surface area (Å²) in [6.07, 6.45) is 0.309. The Labute approximate surface area is 180 Å². The minimum Gasteiger partial charge on any atom is -0.485 e. The van der Waals surface area contributed by atoms with Crippen LogP contribution in [0.1, 0.15) is 74.7 Å². The van der Waals surface area contributed by atoms with Crippen LogP contribution in [0.4, 0.5) is 0 Å². The zero-order chi connectivity index (χ0) is 21.8. The van der Waals surface area contributed by atoms with E-state index in [-0.39, 0.29) is 35.4 Å². The Bertz CT molecular complexity index is 990. The first-order chi connectivity index (χ1) is 13.9. The normalized spacial score (nSPS) is 41.2. The summed E-state index contributed by atoms with van der Waals surface area (Å²) in [5.74, 6) is 0.110. The molecule has 7 heteroatoms. The third kappa shape index (κ3) is 2.22. The number of aliphatic hydroxyl groups excluding tert-OH is 2. The van der Waals surface area contributed by atoms with Gasteiger partial charge in [-0.05, 0) is 31.2 Å². The lowest BCUT2D eigenvalue weighted by atomic mass is 9.43. The molecule has 6 atom stereocenters. The monoisotopic (exact) mass is 433 g/mol. The van der Waals surface area contributed by atoms with Crippen molar-refractivity contribution in [3.8, 4) is 5.75 Å². The third-order valence-electron chi connectivity index (χ3n) is 8.79. The van der Waals surface area contributed by atoms with E-state index in [9.17, 15) is 19.8 Å². The fourth-order valence-corrected chi connectivity index (χ4v) is 7.15. The number of nitrogens with one attached hydrogen (secondary N) is 1. The van der Waals surface area contributed by atoms with Gasteiger partial charge in [0, 0.05) is 33.8 Å². The SMILES string of the molecule is C[C@H]1CC[C@H]2C(C)(C)C(=O)[C@H](O)C[C@]23Oc2c(c(Cl)cc4c2[C@@H](O)NC4=O)C[C@]13C. The molecule has 0 unspecified atom stereocenters. The number of aliphatic hydroxyl groups is 2. The van der Waals surface area contributed by atoms with E-state index in [1.54, 1.807) is 6.07 Å². The van der Waals surface area contributed by atoms with Crippen LogP contribution in [0.3, 0.4) is 0 Å². The molecule has 0 bridgehead atoms. The molecule has 1 spiro atoms. The molecule has 5 rings (SSSR count). The molecule has 6 nitrogen and oxygen atoms in total. The highest BCUT2D eigenvalue weighted by atomic mass is 35.5. The molecule has 2 fully saturated rings. The number of hydrogen-bond acceptors (Lipinski definition) is 5. The zero-order valence-corrected chi connectivity index (χ0v) is 18.5. The van der Waals surface area contributed by atoms with Crippen LogP contribution in [0.5, 0.6) is 5.75 Å². The average Bonchev–Trinajstić information content (AvgIpc) is 2.94. The number of Topliss-reactive ketones (excluding diaryl/α,β-unsaturated/α-hetero) is 1. The quantitative estimate of drug-likeness (QED) is 0.584.